The molecule has 37 heavy (non-hydrogen) atoms. The summed E-state index contributed by atoms with van der Waals surface area (Å²) in [4.78, 5) is 20.4. The Balaban J connectivity index is 1.28. The van der Waals surface area contributed by atoms with Crippen molar-refractivity contribution in [2.45, 2.75) is 37.6 Å². The van der Waals surface area contributed by atoms with E-state index in [4.69, 9.17) is 19.2 Å². The van der Waals surface area contributed by atoms with Crippen molar-refractivity contribution in [2.24, 2.45) is 10.9 Å². The van der Waals surface area contributed by atoms with E-state index in [1.54, 1.807) is 28.8 Å². The van der Waals surface area contributed by atoms with Gasteiger partial charge in [-0.3, -0.25) is 9.69 Å². The van der Waals surface area contributed by atoms with E-state index < -0.39 is 10.0 Å². The number of para-hydroxylation sites is 2. The van der Waals surface area contributed by atoms with Crippen LogP contribution in [0.5, 0.6) is 17.2 Å². The number of nitrogens with zero attached hydrogens (tertiary/aromatic N) is 3. The summed E-state index contributed by atoms with van der Waals surface area (Å²) in [6.07, 6.45) is 0.915. The molecule has 3 aliphatic heterocycles. The molecular formula is C26H31N3O6S2. The monoisotopic (exact) mass is 545 g/mol. The Morgan fingerprint density at radius 2 is 1.84 bits per heavy atom. The highest BCUT2D eigenvalue weighted by atomic mass is 32.2. The van der Waals surface area contributed by atoms with Gasteiger partial charge in [-0.1, -0.05) is 23.9 Å². The molecule has 3 aliphatic rings. The summed E-state index contributed by atoms with van der Waals surface area (Å²) in [6.45, 7) is 5.86. The molecular weight excluding hydrogens is 514 g/mol. The quantitative estimate of drug-likeness (QED) is 0.543. The van der Waals surface area contributed by atoms with Gasteiger partial charge in [0.15, 0.2) is 16.7 Å². The molecule has 0 spiro atoms. The van der Waals surface area contributed by atoms with Crippen LogP contribution in [0.2, 0.25) is 0 Å². The Hall–Kier alpha value is -2.76. The van der Waals surface area contributed by atoms with Crippen LogP contribution in [0.25, 0.3) is 0 Å². The molecule has 0 radical (unpaired) electrons. The number of amidine groups is 1. The third kappa shape index (κ3) is 5.30. The van der Waals surface area contributed by atoms with Crippen molar-refractivity contribution in [2.75, 3.05) is 38.7 Å². The van der Waals surface area contributed by atoms with Gasteiger partial charge in [0.05, 0.1) is 11.5 Å². The van der Waals surface area contributed by atoms with Crippen LogP contribution >= 0.6 is 11.8 Å². The second-order valence-corrected chi connectivity index (χ2v) is 12.1. The van der Waals surface area contributed by atoms with E-state index in [2.05, 4.69) is 0 Å². The van der Waals surface area contributed by atoms with Crippen LogP contribution in [0.4, 0.5) is 5.69 Å². The molecule has 198 valence electrons. The number of rotatable bonds is 6. The zero-order valence-corrected chi connectivity index (χ0v) is 22.6. The fraction of sp³-hybridized carbons (Fsp3) is 0.462. The van der Waals surface area contributed by atoms with E-state index >= 15 is 0 Å². The standard InChI is InChI=1S/C26H31N3O6S2/c1-3-33-22-7-5-4-6-21(22)27-26-29(18(2)17-36-26)25(30)19-10-12-28(13-11-19)37(31,32)20-8-9-23-24(16-20)35-15-14-34-23/h4-9,16,18-19H,3,10-15,17H2,1-2H3. The SMILES string of the molecule is CCOc1ccccc1N=C1SCC(C)N1C(=O)C1CCN(S(=O)(=O)c2ccc3c(c2)OCCO3)CC1. The molecule has 1 unspecified atom stereocenters. The van der Waals surface area contributed by atoms with Gasteiger partial charge in [0, 0.05) is 36.9 Å². The predicted molar refractivity (Wildman–Crippen MR) is 142 cm³/mol. The van der Waals surface area contributed by atoms with Crippen LogP contribution in [0, 0.1) is 5.92 Å². The zero-order chi connectivity index (χ0) is 26.0. The first kappa shape index (κ1) is 25.9. The molecule has 5 rings (SSSR count). The van der Waals surface area contributed by atoms with E-state index in [-0.39, 0.29) is 35.9 Å². The molecule has 0 aliphatic carbocycles. The fourth-order valence-electron chi connectivity index (χ4n) is 4.73. The molecule has 2 fully saturated rings. The second kappa shape index (κ2) is 10.9. The summed E-state index contributed by atoms with van der Waals surface area (Å²) in [5.74, 6) is 2.17. The van der Waals surface area contributed by atoms with Crippen molar-refractivity contribution < 1.29 is 27.4 Å². The van der Waals surface area contributed by atoms with Crippen LogP contribution in [0.1, 0.15) is 26.7 Å². The number of aliphatic imine (C=N–C) groups is 1. The number of hydrogen-bond acceptors (Lipinski definition) is 8. The lowest BCUT2D eigenvalue weighted by Crippen LogP contribution is -2.46. The molecule has 9 nitrogen and oxygen atoms in total. The van der Waals surface area contributed by atoms with E-state index in [1.165, 1.54) is 10.4 Å². The average molecular weight is 546 g/mol. The smallest absolute Gasteiger partial charge is 0.243 e. The van der Waals surface area contributed by atoms with Crippen LogP contribution < -0.4 is 14.2 Å². The van der Waals surface area contributed by atoms with Crippen LogP contribution in [-0.2, 0) is 14.8 Å². The minimum atomic E-state index is -3.71. The van der Waals surface area contributed by atoms with Gasteiger partial charge in [0.25, 0.3) is 0 Å². The lowest BCUT2D eigenvalue weighted by molar-refractivity contribution is -0.133. The van der Waals surface area contributed by atoms with Gasteiger partial charge < -0.3 is 14.2 Å². The van der Waals surface area contributed by atoms with Crippen molar-refractivity contribution in [1.82, 2.24) is 9.21 Å². The molecule has 2 aromatic rings. The number of sulfonamides is 1. The van der Waals surface area contributed by atoms with E-state index in [0.29, 0.717) is 60.8 Å². The molecule has 11 heteroatoms. The van der Waals surface area contributed by atoms with Gasteiger partial charge in [0.1, 0.15) is 24.7 Å². The van der Waals surface area contributed by atoms with Gasteiger partial charge in [-0.15, -0.1) is 0 Å². The summed E-state index contributed by atoms with van der Waals surface area (Å²) in [5, 5.41) is 0.663. The number of carbonyl (C=O) groups excluding carboxylic acids is 1. The molecule has 3 heterocycles. The molecule has 2 saturated heterocycles. The van der Waals surface area contributed by atoms with Gasteiger partial charge in [-0.2, -0.15) is 4.31 Å². The average Bonchev–Trinajstić information content (AvgIpc) is 3.28. The van der Waals surface area contributed by atoms with Crippen LogP contribution in [-0.4, -0.2) is 73.4 Å². The highest BCUT2D eigenvalue weighted by Gasteiger charge is 2.39. The molecule has 2 aromatic carbocycles. The maximum absolute atomic E-state index is 13.6. The lowest BCUT2D eigenvalue weighted by atomic mass is 9.96. The number of thioether (sulfide) groups is 1. The van der Waals surface area contributed by atoms with Gasteiger partial charge in [-0.25, -0.2) is 13.4 Å². The maximum atomic E-state index is 13.6. The Morgan fingerprint density at radius 3 is 2.59 bits per heavy atom. The van der Waals surface area contributed by atoms with Crippen molar-refractivity contribution >= 4 is 38.5 Å². The normalized spacial score (nSPS) is 21.8. The number of ether oxygens (including phenoxy) is 3. The Bertz CT molecular complexity index is 1290. The summed E-state index contributed by atoms with van der Waals surface area (Å²) in [7, 11) is -3.71. The van der Waals surface area contributed by atoms with Gasteiger partial charge in [0.2, 0.25) is 15.9 Å². The lowest BCUT2D eigenvalue weighted by Gasteiger charge is -2.33. The summed E-state index contributed by atoms with van der Waals surface area (Å²) < 4.78 is 44.8. The Labute approximate surface area is 221 Å². The largest absolute Gasteiger partial charge is 0.492 e. The number of carbonyl (C=O) groups is 1. The van der Waals surface area contributed by atoms with Crippen molar-refractivity contribution in [1.29, 1.82) is 0 Å². The first-order valence-corrected chi connectivity index (χ1v) is 15.0. The topological polar surface area (TPSA) is 97.7 Å². The minimum Gasteiger partial charge on any atom is -0.492 e. The van der Waals surface area contributed by atoms with Gasteiger partial charge >= 0.3 is 0 Å². The number of benzene rings is 2. The minimum absolute atomic E-state index is 0.00141. The van der Waals surface area contributed by atoms with E-state index in [9.17, 15) is 13.2 Å². The highest BCUT2D eigenvalue weighted by molar-refractivity contribution is 8.14. The van der Waals surface area contributed by atoms with Crippen LogP contribution in [0.3, 0.4) is 0 Å². The molecule has 1 atom stereocenters. The summed E-state index contributed by atoms with van der Waals surface area (Å²) in [5.41, 5.74) is 0.694. The zero-order valence-electron chi connectivity index (χ0n) is 21.0. The third-order valence-corrected chi connectivity index (χ3v) is 9.76. The van der Waals surface area contributed by atoms with Crippen molar-refractivity contribution in [3.05, 3.63) is 42.5 Å². The summed E-state index contributed by atoms with van der Waals surface area (Å²) >= 11 is 1.56. The third-order valence-electron chi connectivity index (χ3n) is 6.67. The highest BCUT2D eigenvalue weighted by Crippen LogP contribution is 2.36. The molecule has 0 saturated carbocycles. The first-order chi connectivity index (χ1) is 17.9. The predicted octanol–water partition coefficient (Wildman–Crippen LogP) is 3.91. The maximum Gasteiger partial charge on any atom is 0.243 e. The molecule has 1 amide bonds. The van der Waals surface area contributed by atoms with Crippen molar-refractivity contribution in [3.63, 3.8) is 0 Å². The Morgan fingerprint density at radius 1 is 1.11 bits per heavy atom. The fourth-order valence-corrected chi connectivity index (χ4v) is 7.33. The molecule has 0 aromatic heterocycles. The Kier molecular flexibility index (Phi) is 7.64. The van der Waals surface area contributed by atoms with Crippen LogP contribution in [0.15, 0.2) is 52.4 Å². The van der Waals surface area contributed by atoms with E-state index in [0.717, 1.165) is 5.75 Å². The first-order valence-electron chi connectivity index (χ1n) is 12.5. The molecule has 0 N–H and O–H groups in total. The molecule has 0 bridgehead atoms. The second-order valence-electron chi connectivity index (χ2n) is 9.15. The van der Waals surface area contributed by atoms with Gasteiger partial charge in [-0.05, 0) is 51.0 Å². The number of hydrogen-bond donors (Lipinski definition) is 0. The number of piperidine rings is 1. The number of amides is 1. The summed E-state index contributed by atoms with van der Waals surface area (Å²) in [6, 6.07) is 12.3. The van der Waals surface area contributed by atoms with Crippen molar-refractivity contribution in [3.8, 4) is 17.2 Å². The van der Waals surface area contributed by atoms with E-state index in [1.807, 2.05) is 38.1 Å². The number of fused-ring (bicyclic) bond motifs is 1.